The van der Waals surface area contributed by atoms with Gasteiger partial charge in [0.15, 0.2) is 0 Å². The molecule has 0 aromatic carbocycles. The zero-order valence-electron chi connectivity index (χ0n) is 14.0. The van der Waals surface area contributed by atoms with Crippen LogP contribution < -0.4 is 11.1 Å². The van der Waals surface area contributed by atoms with E-state index in [1.165, 1.54) is 12.2 Å². The minimum atomic E-state index is -0.671. The highest BCUT2D eigenvalue weighted by Gasteiger charge is 2.25. The molecule has 0 atom stereocenters. The van der Waals surface area contributed by atoms with Crippen LogP contribution in [0.15, 0.2) is 22.6 Å². The Labute approximate surface area is 148 Å². The van der Waals surface area contributed by atoms with Gasteiger partial charge in [0.05, 0.1) is 17.0 Å². The summed E-state index contributed by atoms with van der Waals surface area (Å²) in [4.78, 5) is 36.0. The Bertz CT molecular complexity index is 847. The minimum absolute atomic E-state index is 0.135. The number of hydrogen-bond donors (Lipinski definition) is 2. The molecule has 0 aliphatic rings. The van der Waals surface area contributed by atoms with E-state index in [4.69, 9.17) is 14.9 Å². The number of amides is 2. The van der Waals surface area contributed by atoms with Crippen LogP contribution in [0.2, 0.25) is 0 Å². The van der Waals surface area contributed by atoms with Gasteiger partial charge in [0.1, 0.15) is 16.5 Å². The lowest BCUT2D eigenvalue weighted by Crippen LogP contribution is -2.13. The normalized spacial score (nSPS) is 10.8. The van der Waals surface area contributed by atoms with Crippen molar-refractivity contribution in [1.29, 1.82) is 0 Å². The van der Waals surface area contributed by atoms with Gasteiger partial charge in [-0.05, 0) is 44.5 Å². The molecule has 3 N–H and O–H groups in total. The summed E-state index contributed by atoms with van der Waals surface area (Å²) < 4.78 is 10.3. The molecule has 2 amide bonds. The number of nitrogens with one attached hydrogen (secondary N) is 1. The van der Waals surface area contributed by atoms with Gasteiger partial charge in [0, 0.05) is 6.08 Å². The van der Waals surface area contributed by atoms with Crippen LogP contribution in [0.5, 0.6) is 0 Å². The highest BCUT2D eigenvalue weighted by atomic mass is 32.1. The van der Waals surface area contributed by atoms with Crippen LogP contribution in [-0.2, 0) is 9.53 Å². The summed E-state index contributed by atoms with van der Waals surface area (Å²) in [7, 11) is 0. The fourth-order valence-electron chi connectivity index (χ4n) is 2.14. The van der Waals surface area contributed by atoms with E-state index in [1.54, 1.807) is 32.9 Å². The Morgan fingerprint density at radius 2 is 2.04 bits per heavy atom. The van der Waals surface area contributed by atoms with Crippen molar-refractivity contribution in [2.45, 2.75) is 20.8 Å². The van der Waals surface area contributed by atoms with Crippen molar-refractivity contribution in [3.05, 3.63) is 45.7 Å². The Balaban J connectivity index is 2.26. The van der Waals surface area contributed by atoms with E-state index in [2.05, 4.69) is 5.32 Å². The number of furan rings is 1. The molecule has 0 aliphatic carbocycles. The number of hydrogen-bond acceptors (Lipinski definition) is 6. The number of primary amides is 1. The molecule has 8 heteroatoms. The summed E-state index contributed by atoms with van der Waals surface area (Å²) in [5.41, 5.74) is 5.84. The van der Waals surface area contributed by atoms with Crippen molar-refractivity contribution in [1.82, 2.24) is 0 Å². The van der Waals surface area contributed by atoms with Gasteiger partial charge in [-0.1, -0.05) is 0 Å². The van der Waals surface area contributed by atoms with Gasteiger partial charge in [-0.2, -0.15) is 0 Å². The first-order chi connectivity index (χ1) is 11.8. The summed E-state index contributed by atoms with van der Waals surface area (Å²) >= 11 is 0.938. The van der Waals surface area contributed by atoms with Crippen molar-refractivity contribution in [2.75, 3.05) is 11.9 Å². The molecule has 7 nitrogen and oxygen atoms in total. The molecule has 0 aliphatic heterocycles. The van der Waals surface area contributed by atoms with Crippen molar-refractivity contribution in [3.63, 3.8) is 0 Å². The van der Waals surface area contributed by atoms with E-state index in [0.29, 0.717) is 11.3 Å². The predicted octanol–water partition coefficient (Wildman–Crippen LogP) is 2.89. The van der Waals surface area contributed by atoms with Crippen LogP contribution in [0.4, 0.5) is 5.00 Å². The first kappa shape index (κ1) is 18.5. The zero-order valence-corrected chi connectivity index (χ0v) is 14.9. The Hall–Kier alpha value is -2.87. The summed E-state index contributed by atoms with van der Waals surface area (Å²) in [5.74, 6) is -0.514. The van der Waals surface area contributed by atoms with Crippen LogP contribution in [0, 0.1) is 13.8 Å². The maximum Gasteiger partial charge on any atom is 0.341 e. The van der Waals surface area contributed by atoms with Crippen molar-refractivity contribution in [3.8, 4) is 0 Å². The van der Waals surface area contributed by atoms with E-state index < -0.39 is 17.8 Å². The second kappa shape index (κ2) is 7.80. The number of aryl methyl sites for hydroxylation is 1. The van der Waals surface area contributed by atoms with Gasteiger partial charge in [-0.3, -0.25) is 9.59 Å². The molecule has 2 aromatic heterocycles. The van der Waals surface area contributed by atoms with Crippen LogP contribution in [0.25, 0.3) is 6.08 Å². The number of carbonyl (C=O) groups excluding carboxylic acids is 3. The number of nitrogens with two attached hydrogens (primary N) is 1. The third kappa shape index (κ3) is 4.36. The molecule has 0 bridgehead atoms. The predicted molar refractivity (Wildman–Crippen MR) is 94.6 cm³/mol. The zero-order chi connectivity index (χ0) is 18.6. The topological polar surface area (TPSA) is 112 Å². The molecule has 0 fully saturated rings. The maximum atomic E-state index is 12.1. The first-order valence-electron chi connectivity index (χ1n) is 7.49. The fourth-order valence-corrected chi connectivity index (χ4v) is 3.19. The van der Waals surface area contributed by atoms with Gasteiger partial charge in [-0.15, -0.1) is 11.3 Å². The molecule has 2 heterocycles. The van der Waals surface area contributed by atoms with Crippen LogP contribution in [-0.4, -0.2) is 24.4 Å². The second-order valence-corrected chi connectivity index (χ2v) is 6.14. The Morgan fingerprint density at radius 3 is 2.60 bits per heavy atom. The molecular weight excluding hydrogens is 344 g/mol. The van der Waals surface area contributed by atoms with E-state index in [0.717, 1.165) is 17.1 Å². The second-order valence-electron chi connectivity index (χ2n) is 5.12. The van der Waals surface area contributed by atoms with Crippen LogP contribution in [0.3, 0.4) is 0 Å². The van der Waals surface area contributed by atoms with Gasteiger partial charge in [0.2, 0.25) is 5.91 Å². The Kier molecular flexibility index (Phi) is 5.76. The van der Waals surface area contributed by atoms with Crippen molar-refractivity contribution < 1.29 is 23.5 Å². The van der Waals surface area contributed by atoms with E-state index >= 15 is 0 Å². The fraction of sp³-hybridized carbons (Fsp3) is 0.235. The van der Waals surface area contributed by atoms with Gasteiger partial charge in [0.25, 0.3) is 5.91 Å². The SMILES string of the molecule is CCOC(=O)c1c(NC(=O)/C=C/c2ccc(C)o2)sc(C(N)=O)c1C. The lowest BCUT2D eigenvalue weighted by atomic mass is 10.1. The molecule has 132 valence electrons. The molecule has 0 spiro atoms. The summed E-state index contributed by atoms with van der Waals surface area (Å²) in [6, 6.07) is 3.50. The molecular formula is C17H18N2O5S. The molecule has 0 radical (unpaired) electrons. The number of esters is 1. The van der Waals surface area contributed by atoms with Crippen LogP contribution in [0.1, 0.15) is 44.0 Å². The summed E-state index contributed by atoms with van der Waals surface area (Å²) in [5, 5.41) is 2.80. The lowest BCUT2D eigenvalue weighted by molar-refractivity contribution is -0.111. The third-order valence-corrected chi connectivity index (χ3v) is 4.47. The largest absolute Gasteiger partial charge is 0.462 e. The highest BCUT2D eigenvalue weighted by Crippen LogP contribution is 2.33. The smallest absolute Gasteiger partial charge is 0.341 e. The molecule has 2 rings (SSSR count). The average Bonchev–Trinajstić information content (AvgIpc) is 3.09. The summed E-state index contributed by atoms with van der Waals surface area (Å²) in [6.07, 6.45) is 2.77. The number of carbonyl (C=O) groups is 3. The molecule has 0 saturated carbocycles. The quantitative estimate of drug-likeness (QED) is 0.606. The lowest BCUT2D eigenvalue weighted by Gasteiger charge is -2.05. The van der Waals surface area contributed by atoms with Crippen LogP contribution >= 0.6 is 11.3 Å². The minimum Gasteiger partial charge on any atom is -0.462 e. The highest BCUT2D eigenvalue weighted by molar-refractivity contribution is 7.18. The van der Waals surface area contributed by atoms with Gasteiger partial charge in [-0.25, -0.2) is 4.79 Å². The monoisotopic (exact) mass is 362 g/mol. The van der Waals surface area contributed by atoms with E-state index in [9.17, 15) is 14.4 Å². The Morgan fingerprint density at radius 1 is 1.32 bits per heavy atom. The first-order valence-corrected chi connectivity index (χ1v) is 8.31. The average molecular weight is 362 g/mol. The summed E-state index contributed by atoms with van der Waals surface area (Å²) in [6.45, 7) is 5.22. The molecule has 0 saturated heterocycles. The molecule has 0 unspecified atom stereocenters. The standard InChI is InChI=1S/C17H18N2O5S/c1-4-23-17(22)13-10(3)14(15(18)21)25-16(13)19-12(20)8-7-11-6-5-9(2)24-11/h5-8H,4H2,1-3H3,(H2,18,21)(H,19,20)/b8-7+. The van der Waals surface area contributed by atoms with E-state index in [1.807, 2.05) is 0 Å². The van der Waals surface area contributed by atoms with Gasteiger partial charge < -0.3 is 20.2 Å². The van der Waals surface area contributed by atoms with Crippen molar-refractivity contribution in [2.24, 2.45) is 5.73 Å². The molecule has 25 heavy (non-hydrogen) atoms. The third-order valence-electron chi connectivity index (χ3n) is 3.25. The van der Waals surface area contributed by atoms with E-state index in [-0.39, 0.29) is 22.0 Å². The number of ether oxygens (including phenoxy) is 1. The van der Waals surface area contributed by atoms with Gasteiger partial charge >= 0.3 is 5.97 Å². The van der Waals surface area contributed by atoms with Crippen molar-refractivity contribution >= 4 is 40.2 Å². The number of anilines is 1. The maximum absolute atomic E-state index is 12.1. The number of thiophene rings is 1. The number of rotatable bonds is 6. The molecule has 2 aromatic rings.